The van der Waals surface area contributed by atoms with Gasteiger partial charge >= 0.3 is 0 Å². The van der Waals surface area contributed by atoms with Gasteiger partial charge in [-0.15, -0.1) is 10.2 Å². The average molecular weight is 425 g/mol. The van der Waals surface area contributed by atoms with E-state index in [-0.39, 0.29) is 5.91 Å². The van der Waals surface area contributed by atoms with E-state index in [1.54, 1.807) is 17.1 Å². The normalized spacial score (nSPS) is 13.9. The lowest BCUT2D eigenvalue weighted by molar-refractivity contribution is 0.0735. The molecule has 1 saturated heterocycles. The fourth-order valence-corrected chi connectivity index (χ4v) is 3.89. The highest BCUT2D eigenvalue weighted by atomic mass is 16.2. The third-order valence-electron chi connectivity index (χ3n) is 5.69. The van der Waals surface area contributed by atoms with Crippen molar-refractivity contribution in [2.75, 3.05) is 31.1 Å². The molecule has 8 heteroatoms. The number of benzene rings is 1. The van der Waals surface area contributed by atoms with E-state index in [0.717, 1.165) is 28.3 Å². The summed E-state index contributed by atoms with van der Waals surface area (Å²) in [5.41, 5.74) is 4.20. The van der Waals surface area contributed by atoms with Crippen LogP contribution in [0, 0.1) is 0 Å². The zero-order chi connectivity index (χ0) is 21.9. The fraction of sp³-hybridized carbons (Fsp3) is 0.208. The molecular weight excluding hydrogens is 402 g/mol. The minimum absolute atomic E-state index is 0.000880. The van der Waals surface area contributed by atoms with Crippen molar-refractivity contribution in [1.82, 2.24) is 29.9 Å². The third-order valence-corrected chi connectivity index (χ3v) is 5.69. The van der Waals surface area contributed by atoms with Gasteiger partial charge in [0.2, 0.25) is 0 Å². The number of aryl methyl sites for hydroxylation is 1. The highest BCUT2D eigenvalue weighted by molar-refractivity contribution is 5.94. The molecule has 1 aromatic carbocycles. The largest absolute Gasteiger partial charge is 0.352 e. The van der Waals surface area contributed by atoms with Gasteiger partial charge in [-0.2, -0.15) is 5.10 Å². The lowest BCUT2D eigenvalue weighted by Crippen LogP contribution is -2.49. The Kier molecular flexibility index (Phi) is 5.33. The molecule has 1 fully saturated rings. The second-order valence-corrected chi connectivity index (χ2v) is 7.70. The molecule has 5 rings (SSSR count). The number of carbonyl (C=O) groups excluding carboxylic acids is 1. The molecule has 3 aromatic heterocycles. The van der Waals surface area contributed by atoms with Crippen molar-refractivity contribution in [3.8, 4) is 22.5 Å². The third kappa shape index (κ3) is 3.94. The molecule has 0 saturated carbocycles. The Balaban J connectivity index is 1.24. The summed E-state index contributed by atoms with van der Waals surface area (Å²) in [6, 6.07) is 19.5. The Labute approximate surface area is 186 Å². The highest BCUT2D eigenvalue weighted by Gasteiger charge is 2.25. The molecular formula is C24H23N7O. The molecule has 0 unspecified atom stereocenters. The second kappa shape index (κ2) is 8.58. The van der Waals surface area contributed by atoms with E-state index in [1.165, 1.54) is 0 Å². The van der Waals surface area contributed by atoms with Crippen molar-refractivity contribution < 1.29 is 4.79 Å². The maximum absolute atomic E-state index is 13.1. The summed E-state index contributed by atoms with van der Waals surface area (Å²) >= 11 is 0. The molecule has 160 valence electrons. The molecule has 1 amide bonds. The van der Waals surface area contributed by atoms with Crippen LogP contribution in [0.4, 0.5) is 5.82 Å². The van der Waals surface area contributed by atoms with Gasteiger partial charge in [0, 0.05) is 56.7 Å². The second-order valence-electron chi connectivity index (χ2n) is 7.70. The molecule has 1 aliphatic heterocycles. The zero-order valence-corrected chi connectivity index (χ0v) is 17.8. The van der Waals surface area contributed by atoms with Crippen LogP contribution >= 0.6 is 0 Å². The van der Waals surface area contributed by atoms with E-state index in [1.807, 2.05) is 72.6 Å². The average Bonchev–Trinajstić information content (AvgIpc) is 3.26. The van der Waals surface area contributed by atoms with E-state index < -0.39 is 0 Å². The molecule has 1 aliphatic rings. The highest BCUT2D eigenvalue weighted by Crippen LogP contribution is 2.21. The summed E-state index contributed by atoms with van der Waals surface area (Å²) in [4.78, 5) is 21.2. The Bertz CT molecular complexity index is 1200. The summed E-state index contributed by atoms with van der Waals surface area (Å²) < 4.78 is 1.67. The van der Waals surface area contributed by atoms with Crippen LogP contribution in [-0.2, 0) is 7.05 Å². The molecule has 8 nitrogen and oxygen atoms in total. The van der Waals surface area contributed by atoms with Gasteiger partial charge < -0.3 is 9.80 Å². The predicted molar refractivity (Wildman–Crippen MR) is 122 cm³/mol. The Morgan fingerprint density at radius 1 is 0.812 bits per heavy atom. The molecule has 0 atom stereocenters. The molecule has 0 N–H and O–H groups in total. The van der Waals surface area contributed by atoms with Gasteiger partial charge in [0.25, 0.3) is 5.91 Å². The van der Waals surface area contributed by atoms with E-state index in [0.29, 0.717) is 31.9 Å². The number of pyridine rings is 1. The van der Waals surface area contributed by atoms with Crippen LogP contribution in [0.25, 0.3) is 22.5 Å². The van der Waals surface area contributed by atoms with E-state index >= 15 is 0 Å². The summed E-state index contributed by atoms with van der Waals surface area (Å²) in [5, 5.41) is 13.3. The quantitative estimate of drug-likeness (QED) is 0.500. The summed E-state index contributed by atoms with van der Waals surface area (Å²) in [6.45, 7) is 2.66. The van der Waals surface area contributed by atoms with Crippen LogP contribution in [0.15, 0.2) is 73.1 Å². The van der Waals surface area contributed by atoms with Crippen molar-refractivity contribution in [1.29, 1.82) is 0 Å². The van der Waals surface area contributed by atoms with Gasteiger partial charge in [0.1, 0.15) is 5.69 Å². The fourth-order valence-electron chi connectivity index (χ4n) is 3.89. The van der Waals surface area contributed by atoms with Gasteiger partial charge in [-0.3, -0.25) is 14.5 Å². The van der Waals surface area contributed by atoms with Crippen LogP contribution in [0.2, 0.25) is 0 Å². The zero-order valence-electron chi connectivity index (χ0n) is 17.8. The SMILES string of the molecule is Cn1nc(-c2ccccc2)cc1C(=O)N1CCN(c2ccc(-c3ccncc3)nn2)CC1. The predicted octanol–water partition coefficient (Wildman–Crippen LogP) is 2.90. The first-order chi connectivity index (χ1) is 15.7. The molecule has 0 radical (unpaired) electrons. The minimum Gasteiger partial charge on any atom is -0.352 e. The number of aromatic nitrogens is 5. The smallest absolute Gasteiger partial charge is 0.272 e. The molecule has 32 heavy (non-hydrogen) atoms. The monoisotopic (exact) mass is 425 g/mol. The van der Waals surface area contributed by atoms with Crippen molar-refractivity contribution in [3.05, 3.63) is 78.8 Å². The number of amides is 1. The summed E-state index contributed by atoms with van der Waals surface area (Å²) in [6.07, 6.45) is 3.48. The summed E-state index contributed by atoms with van der Waals surface area (Å²) in [5.74, 6) is 0.822. The molecule has 0 aliphatic carbocycles. The van der Waals surface area contributed by atoms with Crippen molar-refractivity contribution in [3.63, 3.8) is 0 Å². The van der Waals surface area contributed by atoms with Crippen molar-refractivity contribution in [2.45, 2.75) is 0 Å². The van der Waals surface area contributed by atoms with E-state index in [4.69, 9.17) is 0 Å². The number of rotatable bonds is 4. The van der Waals surface area contributed by atoms with Crippen LogP contribution in [0.1, 0.15) is 10.5 Å². The number of carbonyl (C=O) groups is 1. The first kappa shape index (κ1) is 19.9. The first-order valence-corrected chi connectivity index (χ1v) is 10.6. The standard InChI is InChI=1S/C24H23N7O/c1-29-22(17-21(28-29)18-5-3-2-4-6-18)24(32)31-15-13-30(14-16-31)23-8-7-20(26-27-23)19-9-11-25-12-10-19/h2-12,17H,13-16H2,1H3. The van der Waals surface area contributed by atoms with Gasteiger partial charge in [-0.05, 0) is 30.3 Å². The van der Waals surface area contributed by atoms with Gasteiger partial charge in [-0.25, -0.2) is 0 Å². The van der Waals surface area contributed by atoms with Gasteiger partial charge in [0.15, 0.2) is 5.82 Å². The number of anilines is 1. The number of nitrogens with zero attached hydrogens (tertiary/aromatic N) is 7. The molecule has 0 bridgehead atoms. The maximum atomic E-state index is 13.1. The van der Waals surface area contributed by atoms with E-state index in [2.05, 4.69) is 25.2 Å². The van der Waals surface area contributed by atoms with Crippen LogP contribution in [0.5, 0.6) is 0 Å². The van der Waals surface area contributed by atoms with Crippen molar-refractivity contribution in [2.24, 2.45) is 7.05 Å². The van der Waals surface area contributed by atoms with Gasteiger partial charge in [-0.1, -0.05) is 30.3 Å². The van der Waals surface area contributed by atoms with Crippen molar-refractivity contribution >= 4 is 11.7 Å². The number of hydrogen-bond acceptors (Lipinski definition) is 6. The van der Waals surface area contributed by atoms with Gasteiger partial charge in [0.05, 0.1) is 11.4 Å². The van der Waals surface area contributed by atoms with Crippen LogP contribution in [0.3, 0.4) is 0 Å². The lowest BCUT2D eigenvalue weighted by Gasteiger charge is -2.35. The molecule has 4 aromatic rings. The Morgan fingerprint density at radius 3 is 2.22 bits per heavy atom. The number of hydrogen-bond donors (Lipinski definition) is 0. The lowest BCUT2D eigenvalue weighted by atomic mass is 10.1. The topological polar surface area (TPSA) is 80.0 Å². The Morgan fingerprint density at radius 2 is 1.53 bits per heavy atom. The van der Waals surface area contributed by atoms with Crippen LogP contribution < -0.4 is 4.90 Å². The van der Waals surface area contributed by atoms with Crippen LogP contribution in [-0.4, -0.2) is 61.9 Å². The maximum Gasteiger partial charge on any atom is 0.272 e. The summed E-state index contributed by atoms with van der Waals surface area (Å²) in [7, 11) is 1.82. The first-order valence-electron chi connectivity index (χ1n) is 10.6. The number of piperazine rings is 1. The molecule has 0 spiro atoms. The Hall–Kier alpha value is -4.07. The minimum atomic E-state index is 0.000880. The molecule has 4 heterocycles. The van der Waals surface area contributed by atoms with E-state index in [9.17, 15) is 4.79 Å².